The van der Waals surface area contributed by atoms with Gasteiger partial charge in [0.1, 0.15) is 17.6 Å². The van der Waals surface area contributed by atoms with Gasteiger partial charge in [-0.1, -0.05) is 26.2 Å². The monoisotopic (exact) mass is 573 g/mol. The Morgan fingerprint density at radius 1 is 1.12 bits per heavy atom. The zero-order valence-electron chi connectivity index (χ0n) is 24.0. The number of benzene rings is 2. The van der Waals surface area contributed by atoms with Crippen molar-refractivity contribution in [1.82, 2.24) is 9.80 Å². The van der Waals surface area contributed by atoms with Crippen LogP contribution in [0.3, 0.4) is 0 Å². The van der Waals surface area contributed by atoms with Gasteiger partial charge in [-0.25, -0.2) is 8.42 Å². The summed E-state index contributed by atoms with van der Waals surface area (Å²) in [4.78, 5) is 17.8. The van der Waals surface area contributed by atoms with Crippen LogP contribution in [0, 0.1) is 11.8 Å². The maximum Gasteiger partial charge on any atom is 0.261 e. The van der Waals surface area contributed by atoms with Crippen molar-refractivity contribution in [1.29, 1.82) is 0 Å². The number of sulfonamides is 1. The molecule has 0 radical (unpaired) electrons. The highest BCUT2D eigenvalue weighted by molar-refractivity contribution is 7.92. The summed E-state index contributed by atoms with van der Waals surface area (Å²) in [6.45, 7) is 5.85. The van der Waals surface area contributed by atoms with Crippen LogP contribution in [0.5, 0.6) is 11.5 Å². The Kier molecular flexibility index (Phi) is 9.97. The lowest BCUT2D eigenvalue weighted by molar-refractivity contribution is 0.0330. The standard InChI is InChI=1S/C30H43N3O6S/c1-21-17-33(22(2)20-34)30(35)27-16-24(31-40(36,37)26-13-11-25(38-4)12-14-26)10-15-28(27)39-29(21)19-32(3)18-23-8-6-5-7-9-23/h10-16,21-23,29,31,34H,5-9,17-20H2,1-4H3/t21-,22-,29-/m0/s1. The lowest BCUT2D eigenvalue weighted by Gasteiger charge is -2.38. The molecule has 1 fully saturated rings. The number of rotatable bonds is 10. The summed E-state index contributed by atoms with van der Waals surface area (Å²) >= 11 is 0. The van der Waals surface area contributed by atoms with E-state index in [1.807, 2.05) is 6.92 Å². The van der Waals surface area contributed by atoms with Crippen molar-refractivity contribution in [2.45, 2.75) is 63.0 Å². The summed E-state index contributed by atoms with van der Waals surface area (Å²) in [5.41, 5.74) is 0.518. The fourth-order valence-electron chi connectivity index (χ4n) is 5.67. The highest BCUT2D eigenvalue weighted by Gasteiger charge is 2.34. The van der Waals surface area contributed by atoms with E-state index in [0.717, 1.165) is 6.54 Å². The van der Waals surface area contributed by atoms with Gasteiger partial charge in [-0.3, -0.25) is 9.52 Å². The predicted molar refractivity (Wildman–Crippen MR) is 155 cm³/mol. The molecule has 0 saturated heterocycles. The lowest BCUT2D eigenvalue weighted by Crippen LogP contribution is -2.50. The second-order valence-electron chi connectivity index (χ2n) is 11.3. The molecule has 40 heavy (non-hydrogen) atoms. The maximum absolute atomic E-state index is 13.7. The molecule has 4 rings (SSSR count). The molecule has 0 unspecified atom stereocenters. The van der Waals surface area contributed by atoms with E-state index < -0.39 is 16.1 Å². The van der Waals surface area contributed by atoms with Crippen LogP contribution >= 0.6 is 0 Å². The van der Waals surface area contributed by atoms with Crippen molar-refractivity contribution in [3.63, 3.8) is 0 Å². The first kappa shape index (κ1) is 30.1. The number of ether oxygens (including phenoxy) is 2. The highest BCUT2D eigenvalue weighted by atomic mass is 32.2. The SMILES string of the molecule is COc1ccc(S(=O)(=O)Nc2ccc3c(c2)C(=O)N([C@@H](C)CO)C[C@H](C)[C@H](CN(C)CC2CCCCC2)O3)cc1. The number of methoxy groups -OCH3 is 1. The lowest BCUT2D eigenvalue weighted by atomic mass is 9.89. The number of amides is 1. The zero-order chi connectivity index (χ0) is 28.9. The van der Waals surface area contributed by atoms with Crippen molar-refractivity contribution in [3.05, 3.63) is 48.0 Å². The Bertz CT molecular complexity index is 1250. The smallest absolute Gasteiger partial charge is 0.261 e. The number of hydrogen-bond acceptors (Lipinski definition) is 7. The number of anilines is 1. The number of likely N-dealkylation sites (N-methyl/N-ethyl adjacent to an activating group) is 1. The number of nitrogens with zero attached hydrogens (tertiary/aromatic N) is 2. The van der Waals surface area contributed by atoms with E-state index >= 15 is 0 Å². The van der Waals surface area contributed by atoms with Crippen LogP contribution in [0.4, 0.5) is 5.69 Å². The van der Waals surface area contributed by atoms with Crippen molar-refractivity contribution < 1.29 is 27.8 Å². The average Bonchev–Trinajstić information content (AvgIpc) is 2.95. The molecule has 1 amide bonds. The van der Waals surface area contributed by atoms with E-state index in [0.29, 0.717) is 30.5 Å². The van der Waals surface area contributed by atoms with Crippen LogP contribution in [-0.2, 0) is 10.0 Å². The average molecular weight is 574 g/mol. The summed E-state index contributed by atoms with van der Waals surface area (Å²) in [6, 6.07) is 10.5. The Balaban J connectivity index is 1.59. The van der Waals surface area contributed by atoms with Crippen LogP contribution in [0.15, 0.2) is 47.4 Å². The summed E-state index contributed by atoms with van der Waals surface area (Å²) in [5, 5.41) is 9.93. The van der Waals surface area contributed by atoms with E-state index in [1.54, 1.807) is 29.2 Å². The summed E-state index contributed by atoms with van der Waals surface area (Å²) in [7, 11) is -0.261. The topological polar surface area (TPSA) is 108 Å². The van der Waals surface area contributed by atoms with Gasteiger partial charge in [-0.05, 0) is 75.2 Å². The van der Waals surface area contributed by atoms with Gasteiger partial charge in [0.05, 0.1) is 30.2 Å². The van der Waals surface area contributed by atoms with E-state index in [9.17, 15) is 18.3 Å². The van der Waals surface area contributed by atoms with Gasteiger partial charge in [0.2, 0.25) is 0 Å². The minimum atomic E-state index is -3.90. The zero-order valence-corrected chi connectivity index (χ0v) is 24.8. The molecular weight excluding hydrogens is 530 g/mol. The van der Waals surface area contributed by atoms with E-state index in [-0.39, 0.29) is 40.7 Å². The molecule has 0 spiro atoms. The Morgan fingerprint density at radius 3 is 2.48 bits per heavy atom. The first-order valence-corrected chi connectivity index (χ1v) is 15.7. The molecule has 2 aliphatic rings. The minimum Gasteiger partial charge on any atom is -0.497 e. The van der Waals surface area contributed by atoms with Gasteiger partial charge >= 0.3 is 0 Å². The molecule has 3 atom stereocenters. The first-order valence-electron chi connectivity index (χ1n) is 14.2. The molecule has 1 aliphatic heterocycles. The molecule has 2 aromatic carbocycles. The fourth-order valence-corrected chi connectivity index (χ4v) is 6.71. The third-order valence-electron chi connectivity index (χ3n) is 8.07. The van der Waals surface area contributed by atoms with Crippen LogP contribution in [0.2, 0.25) is 0 Å². The van der Waals surface area contributed by atoms with Gasteiger partial charge in [0.15, 0.2) is 0 Å². The molecule has 1 saturated carbocycles. The van der Waals surface area contributed by atoms with Gasteiger partial charge in [0.25, 0.3) is 15.9 Å². The number of aliphatic hydroxyl groups excluding tert-OH is 1. The second kappa shape index (κ2) is 13.2. The van der Waals surface area contributed by atoms with Gasteiger partial charge < -0.3 is 24.4 Å². The van der Waals surface area contributed by atoms with Crippen molar-refractivity contribution >= 4 is 21.6 Å². The van der Waals surface area contributed by atoms with Gasteiger partial charge in [0, 0.05) is 31.2 Å². The van der Waals surface area contributed by atoms with E-state index in [1.165, 1.54) is 57.4 Å². The molecule has 220 valence electrons. The Morgan fingerprint density at radius 2 is 1.82 bits per heavy atom. The third-order valence-corrected chi connectivity index (χ3v) is 9.47. The predicted octanol–water partition coefficient (Wildman–Crippen LogP) is 4.23. The molecule has 0 aromatic heterocycles. The number of carbonyl (C=O) groups is 1. The maximum atomic E-state index is 13.7. The first-order chi connectivity index (χ1) is 19.1. The molecule has 1 heterocycles. The number of aliphatic hydroxyl groups is 1. The summed E-state index contributed by atoms with van der Waals surface area (Å²) in [6.07, 6.45) is 6.26. The third kappa shape index (κ3) is 7.27. The summed E-state index contributed by atoms with van der Waals surface area (Å²) in [5.74, 6) is 1.38. The number of hydrogen-bond donors (Lipinski definition) is 2. The van der Waals surface area contributed by atoms with Crippen molar-refractivity contribution in [2.24, 2.45) is 11.8 Å². The van der Waals surface area contributed by atoms with Crippen LogP contribution in [0.1, 0.15) is 56.3 Å². The molecule has 2 aromatic rings. The molecular formula is C30H43N3O6S. The Hall–Kier alpha value is -2.82. The Labute approximate surface area is 238 Å². The molecule has 1 aliphatic carbocycles. The van der Waals surface area contributed by atoms with Crippen molar-refractivity contribution in [2.75, 3.05) is 45.1 Å². The molecule has 0 bridgehead atoms. The molecule has 10 heteroatoms. The minimum absolute atomic E-state index is 0.0214. The van der Waals surface area contributed by atoms with Crippen LogP contribution in [0.25, 0.3) is 0 Å². The quantitative estimate of drug-likeness (QED) is 0.438. The second-order valence-corrected chi connectivity index (χ2v) is 13.0. The number of nitrogens with one attached hydrogen (secondary N) is 1. The fraction of sp³-hybridized carbons (Fsp3) is 0.567. The highest BCUT2D eigenvalue weighted by Crippen LogP contribution is 2.32. The van der Waals surface area contributed by atoms with Crippen LogP contribution < -0.4 is 14.2 Å². The van der Waals surface area contributed by atoms with E-state index in [4.69, 9.17) is 9.47 Å². The van der Waals surface area contributed by atoms with E-state index in [2.05, 4.69) is 23.6 Å². The van der Waals surface area contributed by atoms with Crippen LogP contribution in [-0.4, -0.2) is 81.8 Å². The normalized spacial score (nSPS) is 21.2. The largest absolute Gasteiger partial charge is 0.497 e. The van der Waals surface area contributed by atoms with Gasteiger partial charge in [-0.2, -0.15) is 0 Å². The molecule has 2 N–H and O–H groups in total. The number of carbonyl (C=O) groups excluding carboxylic acids is 1. The summed E-state index contributed by atoms with van der Waals surface area (Å²) < 4.78 is 40.3. The van der Waals surface area contributed by atoms with Crippen molar-refractivity contribution in [3.8, 4) is 11.5 Å². The van der Waals surface area contributed by atoms with Gasteiger partial charge in [-0.15, -0.1) is 0 Å². The number of fused-ring (bicyclic) bond motifs is 1. The molecule has 9 nitrogen and oxygen atoms in total.